The molecule has 1 aromatic rings. The predicted molar refractivity (Wildman–Crippen MR) is 73.7 cm³/mol. The van der Waals surface area contributed by atoms with E-state index < -0.39 is 0 Å². The summed E-state index contributed by atoms with van der Waals surface area (Å²) in [6, 6.07) is 8.46. The van der Waals surface area contributed by atoms with E-state index in [0.717, 1.165) is 25.2 Å². The van der Waals surface area contributed by atoms with E-state index in [1.165, 1.54) is 11.1 Å². The largest absolute Gasteiger partial charge is 0.411 e. The Labute approximate surface area is 113 Å². The van der Waals surface area contributed by atoms with Gasteiger partial charge < -0.3 is 9.94 Å². The lowest BCUT2D eigenvalue weighted by atomic mass is 10.0. The highest BCUT2D eigenvalue weighted by Gasteiger charge is 2.37. The van der Waals surface area contributed by atoms with Crippen LogP contribution in [-0.2, 0) is 11.2 Å². The topological polar surface area (TPSA) is 45.1 Å². The minimum Gasteiger partial charge on any atom is -0.411 e. The number of rotatable bonds is 1. The SMILES string of the molecule is C[C@H]1CN([C@H]2/C(=N/O)Cc3ccccc32)C[C@H](C)O1. The maximum absolute atomic E-state index is 9.30. The van der Waals surface area contributed by atoms with Crippen molar-refractivity contribution in [2.24, 2.45) is 5.16 Å². The van der Waals surface area contributed by atoms with Crippen LogP contribution in [0.25, 0.3) is 0 Å². The Kier molecular flexibility index (Phi) is 3.29. The van der Waals surface area contributed by atoms with Gasteiger partial charge in [0.15, 0.2) is 0 Å². The molecule has 0 amide bonds. The molecule has 1 fully saturated rings. The zero-order valence-electron chi connectivity index (χ0n) is 11.4. The molecule has 1 N–H and O–H groups in total. The quantitative estimate of drug-likeness (QED) is 0.622. The highest BCUT2D eigenvalue weighted by molar-refractivity contribution is 5.96. The highest BCUT2D eigenvalue weighted by Crippen LogP contribution is 2.35. The summed E-state index contributed by atoms with van der Waals surface area (Å²) in [7, 11) is 0. The number of oxime groups is 1. The third-order valence-electron chi connectivity index (χ3n) is 3.98. The third-order valence-corrected chi connectivity index (χ3v) is 3.98. The van der Waals surface area contributed by atoms with Crippen LogP contribution in [-0.4, -0.2) is 41.1 Å². The molecule has 0 unspecified atom stereocenters. The number of hydrogen-bond donors (Lipinski definition) is 1. The zero-order chi connectivity index (χ0) is 13.4. The molecule has 3 atom stereocenters. The average Bonchev–Trinajstić information content (AvgIpc) is 2.75. The Bertz CT molecular complexity index is 491. The Morgan fingerprint density at radius 2 is 1.89 bits per heavy atom. The van der Waals surface area contributed by atoms with Gasteiger partial charge in [0.1, 0.15) is 0 Å². The normalized spacial score (nSPS) is 33.6. The van der Waals surface area contributed by atoms with E-state index in [-0.39, 0.29) is 18.2 Å². The Morgan fingerprint density at radius 3 is 2.58 bits per heavy atom. The summed E-state index contributed by atoms with van der Waals surface area (Å²) in [6.45, 7) is 5.95. The summed E-state index contributed by atoms with van der Waals surface area (Å²) in [4.78, 5) is 2.37. The van der Waals surface area contributed by atoms with E-state index in [0.29, 0.717) is 0 Å². The van der Waals surface area contributed by atoms with Crippen LogP contribution in [0, 0.1) is 0 Å². The second-order valence-electron chi connectivity index (χ2n) is 5.58. The first kappa shape index (κ1) is 12.6. The van der Waals surface area contributed by atoms with Gasteiger partial charge in [-0.2, -0.15) is 0 Å². The van der Waals surface area contributed by atoms with Crippen LogP contribution < -0.4 is 0 Å². The monoisotopic (exact) mass is 260 g/mol. The fraction of sp³-hybridized carbons (Fsp3) is 0.533. The lowest BCUT2D eigenvalue weighted by Gasteiger charge is -2.39. The van der Waals surface area contributed by atoms with Crippen molar-refractivity contribution in [3.05, 3.63) is 35.4 Å². The van der Waals surface area contributed by atoms with Crippen molar-refractivity contribution in [1.82, 2.24) is 4.90 Å². The summed E-state index contributed by atoms with van der Waals surface area (Å²) in [5.74, 6) is 0. The van der Waals surface area contributed by atoms with Crippen LogP contribution in [0.3, 0.4) is 0 Å². The first-order valence-corrected chi connectivity index (χ1v) is 6.87. The van der Waals surface area contributed by atoms with Crippen molar-refractivity contribution < 1.29 is 9.94 Å². The van der Waals surface area contributed by atoms with Crippen molar-refractivity contribution in [2.45, 2.75) is 38.5 Å². The zero-order valence-corrected chi connectivity index (χ0v) is 11.4. The van der Waals surface area contributed by atoms with Crippen LogP contribution >= 0.6 is 0 Å². The van der Waals surface area contributed by atoms with Gasteiger partial charge in [-0.3, -0.25) is 4.90 Å². The van der Waals surface area contributed by atoms with Gasteiger partial charge in [-0.25, -0.2) is 0 Å². The van der Waals surface area contributed by atoms with Gasteiger partial charge in [0.05, 0.1) is 24.0 Å². The van der Waals surface area contributed by atoms with Crippen LogP contribution in [0.5, 0.6) is 0 Å². The van der Waals surface area contributed by atoms with Crippen LogP contribution in [0.1, 0.15) is 31.0 Å². The molecule has 1 saturated heterocycles. The lowest BCUT2D eigenvalue weighted by molar-refractivity contribution is -0.0737. The number of morpholine rings is 1. The van der Waals surface area contributed by atoms with Gasteiger partial charge in [-0.05, 0) is 25.0 Å². The maximum atomic E-state index is 9.30. The van der Waals surface area contributed by atoms with Gasteiger partial charge in [-0.1, -0.05) is 29.4 Å². The van der Waals surface area contributed by atoms with Gasteiger partial charge >= 0.3 is 0 Å². The summed E-state index contributed by atoms with van der Waals surface area (Å²) < 4.78 is 5.79. The molecular weight excluding hydrogens is 240 g/mol. The van der Waals surface area contributed by atoms with Crippen LogP contribution in [0.2, 0.25) is 0 Å². The Hall–Kier alpha value is -1.39. The van der Waals surface area contributed by atoms with E-state index in [1.807, 2.05) is 6.07 Å². The summed E-state index contributed by atoms with van der Waals surface area (Å²) in [5.41, 5.74) is 3.39. The van der Waals surface area contributed by atoms with E-state index in [2.05, 4.69) is 42.1 Å². The number of benzene rings is 1. The molecule has 0 radical (unpaired) electrons. The molecule has 2 aliphatic rings. The van der Waals surface area contributed by atoms with Crippen molar-refractivity contribution in [3.8, 4) is 0 Å². The molecule has 1 aromatic carbocycles. The first-order chi connectivity index (χ1) is 9.19. The summed E-state index contributed by atoms with van der Waals surface area (Å²) in [6.07, 6.45) is 1.19. The van der Waals surface area contributed by atoms with Crippen molar-refractivity contribution in [1.29, 1.82) is 0 Å². The highest BCUT2D eigenvalue weighted by atomic mass is 16.5. The minimum atomic E-state index is 0.106. The Balaban J connectivity index is 1.94. The van der Waals surface area contributed by atoms with Crippen molar-refractivity contribution in [3.63, 3.8) is 0 Å². The van der Waals surface area contributed by atoms with Crippen LogP contribution in [0.15, 0.2) is 29.4 Å². The molecule has 0 spiro atoms. The molecular formula is C15H20N2O2. The second-order valence-corrected chi connectivity index (χ2v) is 5.58. The van der Waals surface area contributed by atoms with Gasteiger partial charge in [0.25, 0.3) is 0 Å². The molecule has 4 heteroatoms. The smallest absolute Gasteiger partial charge is 0.0831 e. The third kappa shape index (κ3) is 2.26. The van der Waals surface area contributed by atoms with E-state index in [1.54, 1.807) is 0 Å². The molecule has 0 bridgehead atoms. The Morgan fingerprint density at radius 1 is 1.21 bits per heavy atom. The standard InChI is InChI=1S/C15H20N2O2/c1-10-8-17(9-11(2)19-10)15-13-6-4-3-5-12(13)7-14(15)16-18/h3-6,10-11,15,18H,7-9H2,1-2H3/b16-14+/t10-,11-,15+/m0/s1. The van der Waals surface area contributed by atoms with Crippen LogP contribution in [0.4, 0.5) is 0 Å². The van der Waals surface area contributed by atoms with Crippen molar-refractivity contribution in [2.75, 3.05) is 13.1 Å². The van der Waals surface area contributed by atoms with E-state index in [9.17, 15) is 5.21 Å². The molecule has 4 nitrogen and oxygen atoms in total. The summed E-state index contributed by atoms with van der Waals surface area (Å²) in [5, 5.41) is 12.8. The number of fused-ring (bicyclic) bond motifs is 1. The summed E-state index contributed by atoms with van der Waals surface area (Å²) >= 11 is 0. The van der Waals surface area contributed by atoms with Gasteiger partial charge in [-0.15, -0.1) is 0 Å². The van der Waals surface area contributed by atoms with E-state index >= 15 is 0 Å². The fourth-order valence-corrected chi connectivity index (χ4v) is 3.36. The number of ether oxygens (including phenoxy) is 1. The van der Waals surface area contributed by atoms with E-state index in [4.69, 9.17) is 4.74 Å². The average molecular weight is 260 g/mol. The first-order valence-electron chi connectivity index (χ1n) is 6.87. The van der Waals surface area contributed by atoms with Crippen molar-refractivity contribution >= 4 is 5.71 Å². The predicted octanol–water partition coefficient (Wildman–Crippen LogP) is 2.22. The van der Waals surface area contributed by atoms with Gasteiger partial charge in [0.2, 0.25) is 0 Å². The molecule has 0 saturated carbocycles. The molecule has 19 heavy (non-hydrogen) atoms. The fourth-order valence-electron chi connectivity index (χ4n) is 3.36. The molecule has 3 rings (SSSR count). The molecule has 0 aromatic heterocycles. The molecule has 1 aliphatic carbocycles. The molecule has 1 heterocycles. The maximum Gasteiger partial charge on any atom is 0.0831 e. The minimum absolute atomic E-state index is 0.106. The lowest BCUT2D eigenvalue weighted by Crippen LogP contribution is -2.48. The molecule has 102 valence electrons. The second kappa shape index (κ2) is 4.94. The van der Waals surface area contributed by atoms with Gasteiger partial charge in [0, 0.05) is 19.5 Å². The number of hydrogen-bond acceptors (Lipinski definition) is 4. The number of nitrogens with zero attached hydrogens (tertiary/aromatic N) is 2. The molecule has 1 aliphatic heterocycles.